The van der Waals surface area contributed by atoms with Gasteiger partial charge in [-0.3, -0.25) is 0 Å². The number of nitrogens with zero attached hydrogens (tertiary/aromatic N) is 3. The van der Waals surface area contributed by atoms with Crippen LogP contribution in [0.3, 0.4) is 0 Å². The number of aromatic nitrogens is 3. The molecular formula is C15H22N4O2. The summed E-state index contributed by atoms with van der Waals surface area (Å²) < 4.78 is 13.0. The second kappa shape index (κ2) is 7.08. The Hall–Kier alpha value is -2.08. The van der Waals surface area contributed by atoms with Gasteiger partial charge in [0.2, 0.25) is 0 Å². The average Bonchev–Trinajstić information content (AvgIpc) is 2.94. The van der Waals surface area contributed by atoms with Crippen molar-refractivity contribution < 1.29 is 9.47 Å². The van der Waals surface area contributed by atoms with Gasteiger partial charge in [-0.15, -0.1) is 0 Å². The number of methoxy groups -OCH3 is 1. The quantitative estimate of drug-likeness (QED) is 0.843. The number of nitrogens with two attached hydrogens (primary N) is 1. The molecule has 0 unspecified atom stereocenters. The molecule has 0 radical (unpaired) electrons. The van der Waals surface area contributed by atoms with Crippen LogP contribution in [0.2, 0.25) is 0 Å². The van der Waals surface area contributed by atoms with Gasteiger partial charge in [0.05, 0.1) is 7.11 Å². The molecule has 0 spiro atoms. The molecule has 6 heteroatoms. The van der Waals surface area contributed by atoms with Gasteiger partial charge in [-0.1, -0.05) is 6.07 Å². The van der Waals surface area contributed by atoms with Gasteiger partial charge in [-0.25, -0.2) is 9.67 Å². The highest BCUT2D eigenvalue weighted by atomic mass is 16.5. The zero-order chi connectivity index (χ0) is 15.2. The van der Waals surface area contributed by atoms with E-state index in [2.05, 4.69) is 23.9 Å². The van der Waals surface area contributed by atoms with Gasteiger partial charge < -0.3 is 15.2 Å². The Labute approximate surface area is 124 Å². The number of hydrogen-bond acceptors (Lipinski definition) is 5. The van der Waals surface area contributed by atoms with Crippen molar-refractivity contribution in [1.29, 1.82) is 0 Å². The average molecular weight is 290 g/mol. The molecule has 2 rings (SSSR count). The molecule has 0 aliphatic rings. The minimum Gasteiger partial charge on any atom is -0.493 e. The van der Waals surface area contributed by atoms with Crippen molar-refractivity contribution in [2.45, 2.75) is 32.9 Å². The van der Waals surface area contributed by atoms with E-state index in [4.69, 9.17) is 15.2 Å². The Morgan fingerprint density at radius 1 is 1.29 bits per heavy atom. The second-order valence-electron chi connectivity index (χ2n) is 5.03. The minimum absolute atomic E-state index is 0.247. The summed E-state index contributed by atoms with van der Waals surface area (Å²) in [6, 6.07) is 6.10. The Morgan fingerprint density at radius 3 is 2.76 bits per heavy atom. The Bertz CT molecular complexity index is 581. The Kier molecular flexibility index (Phi) is 5.16. The molecule has 0 aliphatic heterocycles. The summed E-state index contributed by atoms with van der Waals surface area (Å²) in [5, 5.41) is 4.20. The van der Waals surface area contributed by atoms with E-state index in [-0.39, 0.29) is 6.04 Å². The summed E-state index contributed by atoms with van der Waals surface area (Å²) in [5.41, 5.74) is 6.72. The van der Waals surface area contributed by atoms with Gasteiger partial charge in [-0.2, -0.15) is 5.10 Å². The molecule has 6 nitrogen and oxygen atoms in total. The first-order valence-corrected chi connectivity index (χ1v) is 7.04. The maximum Gasteiger partial charge on any atom is 0.165 e. The van der Waals surface area contributed by atoms with Gasteiger partial charge in [-0.05, 0) is 44.5 Å². The zero-order valence-electron chi connectivity index (χ0n) is 12.7. The lowest BCUT2D eigenvalue weighted by Crippen LogP contribution is -2.11. The highest BCUT2D eigenvalue weighted by Gasteiger charge is 2.11. The molecule has 2 aromatic rings. The summed E-state index contributed by atoms with van der Waals surface area (Å²) >= 11 is 0. The molecule has 0 fully saturated rings. The van der Waals surface area contributed by atoms with E-state index < -0.39 is 0 Å². The summed E-state index contributed by atoms with van der Waals surface area (Å²) in [4.78, 5) is 4.23. The standard InChI is InChI=1S/C15H22N4O2/c1-11(2)19-15(17-10-18-19)9-21-14-8-12(6-7-16)4-5-13(14)20-3/h4-5,8,10-11H,6-7,9,16H2,1-3H3. The van der Waals surface area contributed by atoms with E-state index >= 15 is 0 Å². The van der Waals surface area contributed by atoms with Crippen LogP contribution in [0.15, 0.2) is 24.5 Å². The lowest BCUT2D eigenvalue weighted by atomic mass is 10.1. The molecule has 0 amide bonds. The first-order valence-electron chi connectivity index (χ1n) is 7.04. The summed E-state index contributed by atoms with van der Waals surface area (Å²) in [6.45, 7) is 5.06. The van der Waals surface area contributed by atoms with E-state index in [0.29, 0.717) is 24.7 Å². The van der Waals surface area contributed by atoms with Crippen LogP contribution in [-0.4, -0.2) is 28.4 Å². The monoisotopic (exact) mass is 290 g/mol. The Balaban J connectivity index is 2.14. The van der Waals surface area contributed by atoms with Crippen LogP contribution >= 0.6 is 0 Å². The van der Waals surface area contributed by atoms with Crippen molar-refractivity contribution in [3.63, 3.8) is 0 Å². The van der Waals surface area contributed by atoms with E-state index in [9.17, 15) is 0 Å². The topological polar surface area (TPSA) is 75.2 Å². The lowest BCUT2D eigenvalue weighted by Gasteiger charge is -2.13. The van der Waals surface area contributed by atoms with Gasteiger partial charge in [0.25, 0.3) is 0 Å². The van der Waals surface area contributed by atoms with E-state index in [1.165, 1.54) is 0 Å². The fourth-order valence-corrected chi connectivity index (χ4v) is 2.11. The molecular weight excluding hydrogens is 268 g/mol. The maximum atomic E-state index is 5.86. The molecule has 0 bridgehead atoms. The number of ether oxygens (including phenoxy) is 2. The van der Waals surface area contributed by atoms with Crippen molar-refractivity contribution in [3.05, 3.63) is 35.9 Å². The molecule has 0 saturated heterocycles. The number of benzene rings is 1. The van der Waals surface area contributed by atoms with E-state index in [1.54, 1.807) is 13.4 Å². The van der Waals surface area contributed by atoms with E-state index in [0.717, 1.165) is 17.8 Å². The molecule has 1 heterocycles. The molecule has 0 atom stereocenters. The molecule has 1 aromatic heterocycles. The molecule has 21 heavy (non-hydrogen) atoms. The van der Waals surface area contributed by atoms with Gasteiger partial charge in [0.15, 0.2) is 17.3 Å². The SMILES string of the molecule is COc1ccc(CCN)cc1OCc1ncnn1C(C)C. The van der Waals surface area contributed by atoms with Crippen molar-refractivity contribution in [1.82, 2.24) is 14.8 Å². The van der Waals surface area contributed by atoms with Crippen molar-refractivity contribution in [3.8, 4) is 11.5 Å². The molecule has 0 aliphatic carbocycles. The summed E-state index contributed by atoms with van der Waals surface area (Å²) in [6.07, 6.45) is 2.35. The normalized spacial score (nSPS) is 10.9. The minimum atomic E-state index is 0.247. The predicted octanol–water partition coefficient (Wildman–Crippen LogP) is 1.95. The van der Waals surface area contributed by atoms with Crippen molar-refractivity contribution in [2.24, 2.45) is 5.73 Å². The molecule has 2 N–H and O–H groups in total. The lowest BCUT2D eigenvalue weighted by molar-refractivity contribution is 0.266. The predicted molar refractivity (Wildman–Crippen MR) is 80.5 cm³/mol. The number of hydrogen-bond donors (Lipinski definition) is 1. The van der Waals surface area contributed by atoms with Gasteiger partial charge in [0.1, 0.15) is 12.9 Å². The first-order chi connectivity index (χ1) is 10.2. The Morgan fingerprint density at radius 2 is 2.10 bits per heavy atom. The van der Waals surface area contributed by atoms with Gasteiger partial charge in [0, 0.05) is 6.04 Å². The highest BCUT2D eigenvalue weighted by Crippen LogP contribution is 2.29. The molecule has 114 valence electrons. The zero-order valence-corrected chi connectivity index (χ0v) is 12.7. The maximum absolute atomic E-state index is 5.86. The van der Waals surface area contributed by atoms with Crippen molar-refractivity contribution in [2.75, 3.05) is 13.7 Å². The third kappa shape index (κ3) is 3.72. The fraction of sp³-hybridized carbons (Fsp3) is 0.467. The van der Waals surface area contributed by atoms with Crippen LogP contribution in [0, 0.1) is 0 Å². The van der Waals surface area contributed by atoms with E-state index in [1.807, 2.05) is 22.9 Å². The largest absolute Gasteiger partial charge is 0.493 e. The van der Waals surface area contributed by atoms with Crippen LogP contribution in [0.1, 0.15) is 31.3 Å². The second-order valence-corrected chi connectivity index (χ2v) is 5.03. The third-order valence-corrected chi connectivity index (χ3v) is 3.15. The van der Waals surface area contributed by atoms with Gasteiger partial charge >= 0.3 is 0 Å². The van der Waals surface area contributed by atoms with Crippen LogP contribution in [0.4, 0.5) is 0 Å². The van der Waals surface area contributed by atoms with Crippen LogP contribution in [-0.2, 0) is 13.0 Å². The fourth-order valence-electron chi connectivity index (χ4n) is 2.11. The van der Waals surface area contributed by atoms with Crippen LogP contribution < -0.4 is 15.2 Å². The molecule has 1 aromatic carbocycles. The van der Waals surface area contributed by atoms with Crippen LogP contribution in [0.25, 0.3) is 0 Å². The molecule has 0 saturated carbocycles. The third-order valence-electron chi connectivity index (χ3n) is 3.15. The first kappa shape index (κ1) is 15.3. The summed E-state index contributed by atoms with van der Waals surface area (Å²) in [5.74, 6) is 2.18. The van der Waals surface area contributed by atoms with Crippen molar-refractivity contribution >= 4 is 0 Å². The summed E-state index contributed by atoms with van der Waals surface area (Å²) in [7, 11) is 1.63. The number of rotatable bonds is 7. The highest BCUT2D eigenvalue weighted by molar-refractivity contribution is 5.43. The smallest absolute Gasteiger partial charge is 0.165 e. The van der Waals surface area contributed by atoms with Crippen LogP contribution in [0.5, 0.6) is 11.5 Å².